The van der Waals surface area contributed by atoms with Crippen molar-refractivity contribution in [1.29, 1.82) is 0 Å². The van der Waals surface area contributed by atoms with Gasteiger partial charge in [0.2, 0.25) is 0 Å². The van der Waals surface area contributed by atoms with E-state index in [1.807, 2.05) is 19.9 Å². The van der Waals surface area contributed by atoms with Gasteiger partial charge in [0.25, 0.3) is 0 Å². The van der Waals surface area contributed by atoms with Crippen molar-refractivity contribution in [2.45, 2.75) is 39.3 Å². The predicted octanol–water partition coefficient (Wildman–Crippen LogP) is 5.75. The first kappa shape index (κ1) is 18.5. The van der Waals surface area contributed by atoms with Crippen LogP contribution in [0.5, 0.6) is 0 Å². The molecule has 0 unspecified atom stereocenters. The lowest BCUT2D eigenvalue weighted by atomic mass is 9.96. The minimum absolute atomic E-state index is 0.566. The topological polar surface area (TPSA) is 41.8 Å². The summed E-state index contributed by atoms with van der Waals surface area (Å²) in [6.07, 6.45) is -1.77. The van der Waals surface area contributed by atoms with Crippen LogP contribution in [-0.4, -0.2) is 11.5 Å². The number of hydrogen-bond donors (Lipinski definition) is 2. The number of nitrogens with two attached hydrogens (primary N) is 1. The smallest absolute Gasteiger partial charge is 0.354 e. The van der Waals surface area contributed by atoms with E-state index in [1.54, 1.807) is 6.07 Å². The van der Waals surface area contributed by atoms with Crippen LogP contribution in [-0.2, 0) is 12.6 Å². The highest BCUT2D eigenvalue weighted by molar-refractivity contribution is 5.93. The van der Waals surface area contributed by atoms with Crippen molar-refractivity contribution < 1.29 is 13.2 Å². The minimum atomic E-state index is -4.35. The molecule has 0 aliphatic carbocycles. The summed E-state index contributed by atoms with van der Waals surface area (Å²) < 4.78 is 39.4. The van der Waals surface area contributed by atoms with Gasteiger partial charge in [-0.15, -0.1) is 0 Å². The van der Waals surface area contributed by atoms with E-state index in [1.165, 1.54) is 12.1 Å². The zero-order chi connectivity index (χ0) is 18.9. The maximum Gasteiger partial charge on any atom is 0.416 e. The molecule has 0 saturated carbocycles. The van der Waals surface area contributed by atoms with Crippen LogP contribution in [0.15, 0.2) is 36.4 Å². The molecule has 2 aromatic carbocycles. The molecule has 0 aliphatic heterocycles. The summed E-state index contributed by atoms with van der Waals surface area (Å²) in [5.41, 5.74) is 10.6. The molecule has 5 heteroatoms. The summed E-state index contributed by atoms with van der Waals surface area (Å²) in [5, 5.41) is 1.11. The summed E-state index contributed by atoms with van der Waals surface area (Å²) in [5.74, 6) is 0. The van der Waals surface area contributed by atoms with Crippen molar-refractivity contribution in [2.24, 2.45) is 5.73 Å². The fourth-order valence-electron chi connectivity index (χ4n) is 3.60. The largest absolute Gasteiger partial charge is 0.416 e. The van der Waals surface area contributed by atoms with Gasteiger partial charge in [0.05, 0.1) is 5.56 Å². The predicted molar refractivity (Wildman–Crippen MR) is 100 cm³/mol. The van der Waals surface area contributed by atoms with Crippen molar-refractivity contribution in [2.75, 3.05) is 6.54 Å². The lowest BCUT2D eigenvalue weighted by Crippen LogP contribution is -2.04. The second-order valence-corrected chi connectivity index (χ2v) is 6.81. The SMILES string of the molecule is Cc1cc(C)c2c(CCCCN)c(-c3cccc(C(F)(F)F)c3)[nH]c2c1. The number of unbranched alkanes of at least 4 members (excludes halogenated alkanes) is 1. The third kappa shape index (κ3) is 3.63. The fourth-order valence-corrected chi connectivity index (χ4v) is 3.60. The van der Waals surface area contributed by atoms with E-state index < -0.39 is 11.7 Å². The van der Waals surface area contributed by atoms with E-state index in [2.05, 4.69) is 11.1 Å². The van der Waals surface area contributed by atoms with Gasteiger partial charge in [-0.25, -0.2) is 0 Å². The maximum absolute atomic E-state index is 13.1. The van der Waals surface area contributed by atoms with Crippen LogP contribution in [0.3, 0.4) is 0 Å². The standard InChI is InChI=1S/C21H23F3N2/c1-13-10-14(2)19-17(8-3-4-9-25)20(26-18(19)11-13)15-6-5-7-16(12-15)21(22,23)24/h5-7,10-12,26H,3-4,8-9,25H2,1-2H3. The Morgan fingerprint density at radius 1 is 1.04 bits per heavy atom. The average molecular weight is 360 g/mol. The van der Waals surface area contributed by atoms with Crippen molar-refractivity contribution in [3.63, 3.8) is 0 Å². The second kappa shape index (κ2) is 7.16. The zero-order valence-electron chi connectivity index (χ0n) is 15.0. The van der Waals surface area contributed by atoms with Crippen LogP contribution in [0.2, 0.25) is 0 Å². The van der Waals surface area contributed by atoms with Crippen LogP contribution in [0, 0.1) is 13.8 Å². The van der Waals surface area contributed by atoms with Crippen LogP contribution < -0.4 is 5.73 Å². The lowest BCUT2D eigenvalue weighted by Gasteiger charge is -2.10. The maximum atomic E-state index is 13.1. The average Bonchev–Trinajstić information content (AvgIpc) is 2.93. The van der Waals surface area contributed by atoms with Gasteiger partial charge in [0.15, 0.2) is 0 Å². The van der Waals surface area contributed by atoms with E-state index in [4.69, 9.17) is 5.73 Å². The molecule has 0 radical (unpaired) electrons. The molecule has 2 nitrogen and oxygen atoms in total. The van der Waals surface area contributed by atoms with Gasteiger partial charge < -0.3 is 10.7 Å². The normalized spacial score (nSPS) is 12.1. The van der Waals surface area contributed by atoms with E-state index in [0.717, 1.165) is 58.6 Å². The number of rotatable bonds is 5. The molecule has 0 saturated heterocycles. The van der Waals surface area contributed by atoms with Gasteiger partial charge >= 0.3 is 6.18 Å². The van der Waals surface area contributed by atoms with Gasteiger partial charge in [0, 0.05) is 16.6 Å². The number of fused-ring (bicyclic) bond motifs is 1. The first-order valence-electron chi connectivity index (χ1n) is 8.80. The highest BCUT2D eigenvalue weighted by Gasteiger charge is 2.30. The van der Waals surface area contributed by atoms with Crippen LogP contribution in [0.1, 0.15) is 35.1 Å². The van der Waals surface area contributed by atoms with Gasteiger partial charge in [-0.05, 0) is 80.1 Å². The molecule has 0 spiro atoms. The summed E-state index contributed by atoms with van der Waals surface area (Å²) in [4.78, 5) is 3.37. The number of nitrogens with one attached hydrogen (secondary N) is 1. The summed E-state index contributed by atoms with van der Waals surface area (Å²) in [6, 6.07) is 9.68. The Bertz CT molecular complexity index is 923. The number of benzene rings is 2. The highest BCUT2D eigenvalue weighted by atomic mass is 19.4. The highest BCUT2D eigenvalue weighted by Crippen LogP contribution is 2.37. The molecular formula is C21H23F3N2. The van der Waals surface area contributed by atoms with Gasteiger partial charge in [-0.1, -0.05) is 18.2 Å². The zero-order valence-corrected chi connectivity index (χ0v) is 15.0. The number of H-pyrrole nitrogens is 1. The number of aromatic nitrogens is 1. The molecule has 26 heavy (non-hydrogen) atoms. The summed E-state index contributed by atoms with van der Waals surface area (Å²) in [7, 11) is 0. The molecule has 0 aliphatic rings. The van der Waals surface area contributed by atoms with Crippen molar-refractivity contribution in [3.8, 4) is 11.3 Å². The Morgan fingerprint density at radius 3 is 2.50 bits per heavy atom. The van der Waals surface area contributed by atoms with Crippen LogP contribution in [0.4, 0.5) is 13.2 Å². The molecule has 0 bridgehead atoms. The number of aromatic amines is 1. The summed E-state index contributed by atoms with van der Waals surface area (Å²) in [6.45, 7) is 4.68. The van der Waals surface area contributed by atoms with Gasteiger partial charge in [0.1, 0.15) is 0 Å². The molecule has 138 valence electrons. The van der Waals surface area contributed by atoms with Gasteiger partial charge in [-0.3, -0.25) is 0 Å². The molecule has 1 aromatic heterocycles. The van der Waals surface area contributed by atoms with Crippen molar-refractivity contribution >= 4 is 10.9 Å². The molecule has 3 aromatic rings. The monoisotopic (exact) mass is 360 g/mol. The lowest BCUT2D eigenvalue weighted by molar-refractivity contribution is -0.137. The first-order valence-corrected chi connectivity index (χ1v) is 8.80. The number of halogens is 3. The minimum Gasteiger partial charge on any atom is -0.354 e. The molecule has 3 N–H and O–H groups in total. The second-order valence-electron chi connectivity index (χ2n) is 6.81. The van der Waals surface area contributed by atoms with E-state index >= 15 is 0 Å². The molecule has 0 fully saturated rings. The van der Waals surface area contributed by atoms with E-state index in [9.17, 15) is 13.2 Å². The van der Waals surface area contributed by atoms with Crippen molar-refractivity contribution in [1.82, 2.24) is 4.98 Å². The number of hydrogen-bond acceptors (Lipinski definition) is 1. The first-order chi connectivity index (χ1) is 12.3. The Morgan fingerprint density at radius 2 is 1.81 bits per heavy atom. The summed E-state index contributed by atoms with van der Waals surface area (Å²) >= 11 is 0. The quantitative estimate of drug-likeness (QED) is 0.559. The molecule has 3 rings (SSSR count). The third-order valence-corrected chi connectivity index (χ3v) is 4.70. The van der Waals surface area contributed by atoms with Crippen LogP contribution in [0.25, 0.3) is 22.2 Å². The Labute approximate surface area is 151 Å². The molecular weight excluding hydrogens is 337 g/mol. The Hall–Kier alpha value is -2.27. The fraction of sp³-hybridized carbons (Fsp3) is 0.333. The van der Waals surface area contributed by atoms with E-state index in [0.29, 0.717) is 12.1 Å². The number of aryl methyl sites for hydroxylation is 3. The van der Waals surface area contributed by atoms with E-state index in [-0.39, 0.29) is 0 Å². The van der Waals surface area contributed by atoms with Crippen LogP contribution >= 0.6 is 0 Å². The molecule has 1 heterocycles. The Balaban J connectivity index is 2.18. The Kier molecular flexibility index (Phi) is 5.10. The number of alkyl halides is 3. The van der Waals surface area contributed by atoms with Gasteiger partial charge in [-0.2, -0.15) is 13.2 Å². The van der Waals surface area contributed by atoms with Crippen molar-refractivity contribution in [3.05, 3.63) is 58.7 Å². The molecule has 0 amide bonds. The third-order valence-electron chi connectivity index (χ3n) is 4.70. The molecule has 0 atom stereocenters.